The average Bonchev–Trinajstić information content (AvgIpc) is 2.69. The SMILES string of the molecule is CC.COC(=O)CC(Nc1ccc(OC)cc1)c1ccc(C(F)(F)F)cc1. The highest BCUT2D eigenvalue weighted by molar-refractivity contribution is 5.71. The van der Waals surface area contributed by atoms with Crippen LogP contribution in [0.4, 0.5) is 18.9 Å². The van der Waals surface area contributed by atoms with Gasteiger partial charge in [0.2, 0.25) is 0 Å². The lowest BCUT2D eigenvalue weighted by Gasteiger charge is -2.20. The van der Waals surface area contributed by atoms with Gasteiger partial charge in [0.25, 0.3) is 0 Å². The normalized spacial score (nSPS) is 11.7. The Labute approximate surface area is 157 Å². The number of halogens is 3. The zero-order valence-electron chi connectivity index (χ0n) is 15.8. The van der Waals surface area contributed by atoms with Crippen LogP contribution in [0.3, 0.4) is 0 Å². The third kappa shape index (κ3) is 6.84. The van der Waals surface area contributed by atoms with Crippen LogP contribution in [0.25, 0.3) is 0 Å². The lowest BCUT2D eigenvalue weighted by molar-refractivity contribution is -0.141. The standard InChI is InChI=1S/C18H18F3NO3.C2H6/c1-24-15-9-7-14(8-10-15)22-16(11-17(23)25-2)12-3-5-13(6-4-12)18(19,20)21;1-2/h3-10,16,22H,11H2,1-2H3;1-2H3. The van der Waals surface area contributed by atoms with Crippen LogP contribution in [-0.4, -0.2) is 20.2 Å². The molecule has 1 N–H and O–H groups in total. The molecule has 0 saturated carbocycles. The van der Waals surface area contributed by atoms with E-state index in [-0.39, 0.29) is 6.42 Å². The molecule has 27 heavy (non-hydrogen) atoms. The molecule has 1 unspecified atom stereocenters. The van der Waals surface area contributed by atoms with Crippen molar-refractivity contribution in [2.75, 3.05) is 19.5 Å². The summed E-state index contributed by atoms with van der Waals surface area (Å²) in [5.41, 5.74) is 0.515. The summed E-state index contributed by atoms with van der Waals surface area (Å²) in [6, 6.07) is 11.2. The first-order valence-electron chi connectivity index (χ1n) is 8.48. The van der Waals surface area contributed by atoms with Crippen LogP contribution < -0.4 is 10.1 Å². The molecule has 0 aliphatic rings. The Bertz CT molecular complexity index is 698. The van der Waals surface area contributed by atoms with Crippen LogP contribution in [0.2, 0.25) is 0 Å². The van der Waals surface area contributed by atoms with Gasteiger partial charge in [0, 0.05) is 5.69 Å². The van der Waals surface area contributed by atoms with Gasteiger partial charge in [-0.2, -0.15) is 13.2 Å². The summed E-state index contributed by atoms with van der Waals surface area (Å²) in [6.45, 7) is 4.00. The van der Waals surface area contributed by atoms with Gasteiger partial charge in [-0.15, -0.1) is 0 Å². The monoisotopic (exact) mass is 383 g/mol. The third-order valence-electron chi connectivity index (χ3n) is 3.67. The maximum absolute atomic E-state index is 12.7. The zero-order chi connectivity index (χ0) is 20.4. The Kier molecular flexibility index (Phi) is 8.65. The molecule has 1 atom stereocenters. The lowest BCUT2D eigenvalue weighted by Crippen LogP contribution is -2.17. The van der Waals surface area contributed by atoms with E-state index >= 15 is 0 Å². The van der Waals surface area contributed by atoms with Gasteiger partial charge in [0.1, 0.15) is 5.75 Å². The highest BCUT2D eigenvalue weighted by atomic mass is 19.4. The van der Waals surface area contributed by atoms with E-state index in [4.69, 9.17) is 4.74 Å². The Morgan fingerprint density at radius 2 is 1.56 bits per heavy atom. The predicted molar refractivity (Wildman–Crippen MR) is 98.8 cm³/mol. The van der Waals surface area contributed by atoms with Crippen LogP contribution in [0.5, 0.6) is 5.75 Å². The van der Waals surface area contributed by atoms with Crippen molar-refractivity contribution in [3.63, 3.8) is 0 Å². The second-order valence-corrected chi connectivity index (χ2v) is 5.33. The van der Waals surface area contributed by atoms with E-state index < -0.39 is 23.8 Å². The highest BCUT2D eigenvalue weighted by Crippen LogP contribution is 2.31. The Morgan fingerprint density at radius 1 is 1.00 bits per heavy atom. The number of hydrogen-bond acceptors (Lipinski definition) is 4. The topological polar surface area (TPSA) is 47.6 Å². The largest absolute Gasteiger partial charge is 0.497 e. The second-order valence-electron chi connectivity index (χ2n) is 5.33. The minimum Gasteiger partial charge on any atom is -0.497 e. The first-order valence-corrected chi connectivity index (χ1v) is 8.48. The van der Waals surface area contributed by atoms with E-state index in [2.05, 4.69) is 10.1 Å². The fourth-order valence-electron chi connectivity index (χ4n) is 2.30. The summed E-state index contributed by atoms with van der Waals surface area (Å²) in [5.74, 6) is 0.204. The average molecular weight is 383 g/mol. The van der Waals surface area contributed by atoms with E-state index in [9.17, 15) is 18.0 Å². The smallest absolute Gasteiger partial charge is 0.416 e. The van der Waals surface area contributed by atoms with Crippen molar-refractivity contribution in [3.8, 4) is 5.75 Å². The van der Waals surface area contributed by atoms with Gasteiger partial charge in [-0.1, -0.05) is 26.0 Å². The van der Waals surface area contributed by atoms with E-state index in [1.807, 2.05) is 13.8 Å². The molecular formula is C20H24F3NO3. The third-order valence-corrected chi connectivity index (χ3v) is 3.67. The molecule has 0 heterocycles. The number of benzene rings is 2. The summed E-state index contributed by atoms with van der Waals surface area (Å²) in [7, 11) is 2.81. The van der Waals surface area contributed by atoms with Gasteiger partial charge in [-0.3, -0.25) is 4.79 Å². The van der Waals surface area contributed by atoms with Crippen molar-refractivity contribution < 1.29 is 27.4 Å². The van der Waals surface area contributed by atoms with Gasteiger partial charge in [0.05, 0.1) is 32.2 Å². The van der Waals surface area contributed by atoms with Crippen molar-refractivity contribution in [1.29, 1.82) is 0 Å². The Hall–Kier alpha value is -2.70. The fraction of sp³-hybridized carbons (Fsp3) is 0.350. The minimum atomic E-state index is -4.40. The molecule has 0 aliphatic carbocycles. The second kappa shape index (κ2) is 10.4. The maximum Gasteiger partial charge on any atom is 0.416 e. The number of esters is 1. The number of nitrogens with one attached hydrogen (secondary N) is 1. The first kappa shape index (κ1) is 22.3. The molecule has 0 bridgehead atoms. The molecule has 0 fully saturated rings. The van der Waals surface area contributed by atoms with Crippen molar-refractivity contribution in [1.82, 2.24) is 0 Å². The molecule has 148 valence electrons. The van der Waals surface area contributed by atoms with Gasteiger partial charge in [-0.05, 0) is 42.0 Å². The van der Waals surface area contributed by atoms with Gasteiger partial charge >= 0.3 is 12.1 Å². The molecule has 7 heteroatoms. The molecule has 0 aliphatic heterocycles. The van der Waals surface area contributed by atoms with Crippen LogP contribution in [0.1, 0.15) is 37.4 Å². The quantitative estimate of drug-likeness (QED) is 0.673. The van der Waals surface area contributed by atoms with E-state index in [1.165, 1.54) is 19.2 Å². The van der Waals surface area contributed by atoms with Crippen LogP contribution in [0, 0.1) is 0 Å². The summed E-state index contributed by atoms with van der Waals surface area (Å²) < 4.78 is 47.9. The van der Waals surface area contributed by atoms with Crippen molar-refractivity contribution in [2.45, 2.75) is 32.5 Å². The molecule has 2 rings (SSSR count). The van der Waals surface area contributed by atoms with Crippen LogP contribution in [0.15, 0.2) is 48.5 Å². The summed E-state index contributed by atoms with van der Waals surface area (Å²) in [5, 5.41) is 3.13. The van der Waals surface area contributed by atoms with Crippen LogP contribution >= 0.6 is 0 Å². The molecule has 0 amide bonds. The number of rotatable bonds is 6. The maximum atomic E-state index is 12.7. The number of carbonyl (C=O) groups is 1. The fourth-order valence-corrected chi connectivity index (χ4v) is 2.30. The van der Waals surface area contributed by atoms with Crippen LogP contribution in [-0.2, 0) is 15.7 Å². The molecule has 0 saturated heterocycles. The predicted octanol–water partition coefficient (Wildman–Crippen LogP) is 5.46. The van der Waals surface area contributed by atoms with Crippen molar-refractivity contribution in [2.24, 2.45) is 0 Å². The van der Waals surface area contributed by atoms with Gasteiger partial charge in [0.15, 0.2) is 0 Å². The van der Waals surface area contributed by atoms with Gasteiger partial charge < -0.3 is 14.8 Å². The summed E-state index contributed by atoms with van der Waals surface area (Å²) >= 11 is 0. The van der Waals surface area contributed by atoms with E-state index in [0.717, 1.165) is 12.1 Å². The zero-order valence-corrected chi connectivity index (χ0v) is 15.8. The number of methoxy groups -OCH3 is 2. The number of hydrogen-bond donors (Lipinski definition) is 1. The number of anilines is 1. The molecule has 2 aromatic rings. The molecular weight excluding hydrogens is 359 g/mol. The van der Waals surface area contributed by atoms with Gasteiger partial charge in [-0.25, -0.2) is 0 Å². The lowest BCUT2D eigenvalue weighted by atomic mass is 10.0. The Balaban J connectivity index is 0.00000176. The van der Waals surface area contributed by atoms with E-state index in [1.54, 1.807) is 31.4 Å². The molecule has 0 spiro atoms. The summed E-state index contributed by atoms with van der Waals surface area (Å²) in [6.07, 6.45) is -4.42. The summed E-state index contributed by atoms with van der Waals surface area (Å²) in [4.78, 5) is 11.7. The first-order chi connectivity index (χ1) is 12.8. The minimum absolute atomic E-state index is 0.0199. The number of carbonyl (C=O) groups excluding carboxylic acids is 1. The number of ether oxygens (including phenoxy) is 2. The highest BCUT2D eigenvalue weighted by Gasteiger charge is 2.30. The molecule has 4 nitrogen and oxygen atoms in total. The molecule has 0 aromatic heterocycles. The molecule has 0 radical (unpaired) electrons. The molecule has 2 aromatic carbocycles. The van der Waals surface area contributed by atoms with Crippen molar-refractivity contribution >= 4 is 11.7 Å². The number of alkyl halides is 3. The van der Waals surface area contributed by atoms with E-state index in [0.29, 0.717) is 17.0 Å². The van der Waals surface area contributed by atoms with Crippen molar-refractivity contribution in [3.05, 3.63) is 59.7 Å². The Morgan fingerprint density at radius 3 is 2.00 bits per heavy atom.